The van der Waals surface area contributed by atoms with Crippen LogP contribution in [0.15, 0.2) is 33.9 Å². The maximum Gasteiger partial charge on any atom is 0.240 e. The van der Waals surface area contributed by atoms with E-state index in [1.807, 2.05) is 0 Å². The number of phenolic OH excluding ortho intramolecular Hbond substituents is 1. The lowest BCUT2D eigenvalue weighted by Crippen LogP contribution is -2.26. The van der Waals surface area contributed by atoms with Crippen molar-refractivity contribution in [1.82, 2.24) is 14.9 Å². The van der Waals surface area contributed by atoms with Gasteiger partial charge in [-0.1, -0.05) is 5.16 Å². The molecule has 0 saturated carbocycles. The van der Waals surface area contributed by atoms with E-state index in [0.29, 0.717) is 5.89 Å². The van der Waals surface area contributed by atoms with E-state index < -0.39 is 10.0 Å². The maximum atomic E-state index is 11.9. The molecule has 0 unspecified atom stereocenters. The minimum absolute atomic E-state index is 0.000207. The molecule has 1 aromatic carbocycles. The van der Waals surface area contributed by atoms with Crippen molar-refractivity contribution >= 4 is 15.7 Å². The van der Waals surface area contributed by atoms with E-state index in [9.17, 15) is 13.5 Å². The van der Waals surface area contributed by atoms with E-state index >= 15 is 0 Å². The van der Waals surface area contributed by atoms with Gasteiger partial charge in [0, 0.05) is 13.0 Å². The summed E-state index contributed by atoms with van der Waals surface area (Å²) in [7, 11) is -3.68. The summed E-state index contributed by atoms with van der Waals surface area (Å²) >= 11 is 0. The Labute approximate surface area is 109 Å². The summed E-state index contributed by atoms with van der Waals surface area (Å²) in [6.45, 7) is 0.116. The first-order valence-corrected chi connectivity index (χ1v) is 6.81. The lowest BCUT2D eigenvalue weighted by Gasteiger charge is -2.07. The van der Waals surface area contributed by atoms with E-state index in [1.54, 1.807) is 0 Å². The summed E-state index contributed by atoms with van der Waals surface area (Å²) in [5.74, 6) is 0.178. The Morgan fingerprint density at radius 1 is 1.42 bits per heavy atom. The number of aromatic hydroxyl groups is 1. The summed E-state index contributed by atoms with van der Waals surface area (Å²) in [4.78, 5) is 3.75. The van der Waals surface area contributed by atoms with Crippen molar-refractivity contribution in [2.75, 3.05) is 12.3 Å². The molecule has 1 aromatic heterocycles. The van der Waals surface area contributed by atoms with Crippen LogP contribution in [0.1, 0.15) is 5.89 Å². The summed E-state index contributed by atoms with van der Waals surface area (Å²) < 4.78 is 30.9. The molecule has 1 heterocycles. The minimum atomic E-state index is -3.68. The Morgan fingerprint density at radius 2 is 2.21 bits per heavy atom. The topological polar surface area (TPSA) is 131 Å². The van der Waals surface area contributed by atoms with Crippen molar-refractivity contribution in [2.45, 2.75) is 11.3 Å². The van der Waals surface area contributed by atoms with Crippen molar-refractivity contribution in [1.29, 1.82) is 0 Å². The van der Waals surface area contributed by atoms with Gasteiger partial charge in [-0.05, 0) is 18.2 Å². The van der Waals surface area contributed by atoms with E-state index in [2.05, 4.69) is 14.9 Å². The third-order valence-corrected chi connectivity index (χ3v) is 3.81. The van der Waals surface area contributed by atoms with E-state index in [-0.39, 0.29) is 29.3 Å². The van der Waals surface area contributed by atoms with Crippen molar-refractivity contribution in [3.8, 4) is 5.75 Å². The number of anilines is 1. The number of nitrogens with zero attached hydrogens (tertiary/aromatic N) is 2. The summed E-state index contributed by atoms with van der Waals surface area (Å²) in [6, 6.07) is 3.67. The number of benzene rings is 1. The predicted octanol–water partition coefficient (Wildman–Crippen LogP) is -0.122. The quantitative estimate of drug-likeness (QED) is 0.515. The number of sulfonamides is 1. The van der Waals surface area contributed by atoms with Crippen molar-refractivity contribution in [3.05, 3.63) is 30.4 Å². The summed E-state index contributed by atoms with van der Waals surface area (Å²) in [6.07, 6.45) is 1.53. The standard InChI is InChI=1S/C10H12N4O4S/c11-8-5-7(1-2-9(8)15)19(16,17)14-4-3-10-12-6-13-18-10/h1-2,5-6,14-15H,3-4,11H2. The maximum absolute atomic E-state index is 11.9. The van der Waals surface area contributed by atoms with Gasteiger partial charge in [-0.15, -0.1) is 0 Å². The second-order valence-corrected chi connectivity index (χ2v) is 5.47. The highest BCUT2D eigenvalue weighted by molar-refractivity contribution is 7.89. The molecule has 0 spiro atoms. The number of nitrogens with two attached hydrogens (primary N) is 1. The van der Waals surface area contributed by atoms with Crippen LogP contribution in [0.5, 0.6) is 5.75 Å². The molecule has 4 N–H and O–H groups in total. The summed E-state index contributed by atoms with van der Waals surface area (Å²) in [5.41, 5.74) is 5.45. The molecule has 2 aromatic rings. The van der Waals surface area contributed by atoms with Gasteiger partial charge >= 0.3 is 0 Å². The molecule has 8 nitrogen and oxygen atoms in total. The fourth-order valence-electron chi connectivity index (χ4n) is 1.38. The number of nitrogen functional groups attached to an aromatic ring is 1. The zero-order chi connectivity index (χ0) is 13.9. The van der Waals surface area contributed by atoms with Gasteiger partial charge in [-0.3, -0.25) is 0 Å². The van der Waals surface area contributed by atoms with Gasteiger partial charge in [0.1, 0.15) is 5.75 Å². The van der Waals surface area contributed by atoms with Crippen LogP contribution in [-0.2, 0) is 16.4 Å². The molecule has 102 valence electrons. The first kappa shape index (κ1) is 13.3. The lowest BCUT2D eigenvalue weighted by atomic mass is 10.3. The first-order valence-electron chi connectivity index (χ1n) is 5.33. The first-order chi connectivity index (χ1) is 8.99. The Hall–Kier alpha value is -2.13. The number of phenols is 1. The molecular formula is C10H12N4O4S. The average molecular weight is 284 g/mol. The zero-order valence-corrected chi connectivity index (χ0v) is 10.6. The molecule has 0 aliphatic carbocycles. The molecule has 0 atom stereocenters. The third kappa shape index (κ3) is 3.20. The second kappa shape index (κ2) is 5.24. The largest absolute Gasteiger partial charge is 0.506 e. The molecule has 0 bridgehead atoms. The van der Waals surface area contributed by atoms with Crippen molar-refractivity contribution in [2.24, 2.45) is 0 Å². The van der Waals surface area contributed by atoms with Crippen LogP contribution < -0.4 is 10.5 Å². The molecule has 0 fully saturated rings. The fraction of sp³-hybridized carbons (Fsp3) is 0.200. The number of hydrogen-bond acceptors (Lipinski definition) is 7. The monoisotopic (exact) mass is 284 g/mol. The Bertz CT molecular complexity index is 654. The number of hydrogen-bond donors (Lipinski definition) is 3. The highest BCUT2D eigenvalue weighted by Crippen LogP contribution is 2.22. The van der Waals surface area contributed by atoms with E-state index in [0.717, 1.165) is 0 Å². The van der Waals surface area contributed by atoms with Gasteiger partial charge in [0.25, 0.3) is 0 Å². The number of aromatic nitrogens is 2. The SMILES string of the molecule is Nc1cc(S(=O)(=O)NCCc2ncno2)ccc1O. The number of rotatable bonds is 5. The van der Waals surface area contributed by atoms with Gasteiger partial charge < -0.3 is 15.4 Å². The Morgan fingerprint density at radius 3 is 2.84 bits per heavy atom. The molecular weight excluding hydrogens is 272 g/mol. The number of nitrogens with one attached hydrogen (secondary N) is 1. The van der Waals surface area contributed by atoms with Crippen LogP contribution in [0.2, 0.25) is 0 Å². The normalized spacial score (nSPS) is 11.6. The van der Waals surface area contributed by atoms with Gasteiger partial charge in [0.15, 0.2) is 6.33 Å². The van der Waals surface area contributed by atoms with Crippen LogP contribution >= 0.6 is 0 Å². The predicted molar refractivity (Wildman–Crippen MR) is 65.7 cm³/mol. The molecule has 2 rings (SSSR count). The van der Waals surface area contributed by atoms with Gasteiger partial charge in [-0.2, -0.15) is 4.98 Å². The fourth-order valence-corrected chi connectivity index (χ4v) is 2.45. The molecule has 0 saturated heterocycles. The lowest BCUT2D eigenvalue weighted by molar-refractivity contribution is 0.377. The summed E-state index contributed by atoms with van der Waals surface area (Å²) in [5, 5.41) is 12.7. The minimum Gasteiger partial charge on any atom is -0.506 e. The second-order valence-electron chi connectivity index (χ2n) is 3.70. The Kier molecular flexibility index (Phi) is 3.67. The van der Waals surface area contributed by atoms with Crippen LogP contribution in [0, 0.1) is 0 Å². The van der Waals surface area contributed by atoms with Crippen molar-refractivity contribution < 1.29 is 18.0 Å². The third-order valence-electron chi connectivity index (χ3n) is 2.35. The highest BCUT2D eigenvalue weighted by Gasteiger charge is 2.15. The highest BCUT2D eigenvalue weighted by atomic mass is 32.2. The van der Waals surface area contributed by atoms with Crippen LogP contribution in [0.25, 0.3) is 0 Å². The molecule has 0 aliphatic heterocycles. The molecule has 19 heavy (non-hydrogen) atoms. The van der Waals surface area contributed by atoms with Crippen LogP contribution in [0.3, 0.4) is 0 Å². The average Bonchev–Trinajstić information content (AvgIpc) is 2.85. The van der Waals surface area contributed by atoms with E-state index in [1.165, 1.54) is 24.5 Å². The zero-order valence-electron chi connectivity index (χ0n) is 9.78. The van der Waals surface area contributed by atoms with E-state index in [4.69, 9.17) is 10.3 Å². The Balaban J connectivity index is 2.03. The molecule has 9 heteroatoms. The molecule has 0 radical (unpaired) electrons. The van der Waals surface area contributed by atoms with Gasteiger partial charge in [0.05, 0.1) is 10.6 Å². The van der Waals surface area contributed by atoms with Crippen LogP contribution in [-0.4, -0.2) is 30.2 Å². The molecule has 0 amide bonds. The molecule has 0 aliphatic rings. The van der Waals surface area contributed by atoms with Crippen molar-refractivity contribution in [3.63, 3.8) is 0 Å². The van der Waals surface area contributed by atoms with Crippen LogP contribution in [0.4, 0.5) is 5.69 Å². The van der Waals surface area contributed by atoms with Gasteiger partial charge in [0.2, 0.25) is 15.9 Å². The van der Waals surface area contributed by atoms with Gasteiger partial charge in [-0.25, -0.2) is 13.1 Å². The smallest absolute Gasteiger partial charge is 0.240 e.